The number of carbonyl (C=O) groups is 2. The van der Waals surface area contributed by atoms with Gasteiger partial charge in [0.25, 0.3) is 0 Å². The quantitative estimate of drug-likeness (QED) is 0.851. The van der Waals surface area contributed by atoms with Crippen molar-refractivity contribution in [2.45, 2.75) is 19.9 Å². The molecule has 1 aliphatic rings. The number of ether oxygens (including phenoxy) is 1. The zero-order chi connectivity index (χ0) is 18.7. The Hall–Kier alpha value is -3.08. The van der Waals surface area contributed by atoms with Crippen LogP contribution in [0, 0.1) is 0 Å². The summed E-state index contributed by atoms with van der Waals surface area (Å²) in [7, 11) is 1.35. The van der Waals surface area contributed by atoms with Crippen molar-refractivity contribution >= 4 is 12.0 Å². The minimum atomic E-state index is -0.525. The summed E-state index contributed by atoms with van der Waals surface area (Å²) in [6.07, 6.45) is 0. The fourth-order valence-electron chi connectivity index (χ4n) is 3.29. The molecule has 0 bridgehead atoms. The monoisotopic (exact) mass is 350 g/mol. The lowest BCUT2D eigenvalue weighted by Gasteiger charge is -2.34. The highest BCUT2D eigenvalue weighted by Gasteiger charge is 2.35. The maximum absolute atomic E-state index is 12.4. The van der Waals surface area contributed by atoms with E-state index in [2.05, 4.69) is 5.32 Å². The molecule has 1 heterocycles. The number of carbonyl (C=O) groups excluding carboxylic acids is 2. The van der Waals surface area contributed by atoms with Gasteiger partial charge in [-0.3, -0.25) is 4.90 Å². The van der Waals surface area contributed by atoms with Crippen LogP contribution in [-0.4, -0.2) is 30.6 Å². The third-order valence-electron chi connectivity index (χ3n) is 4.67. The SMILES string of the molecule is CCN1C(=O)NC(c2ccc(-c3ccccc3)cc2)C(C(=O)OC)=C1C. The highest BCUT2D eigenvalue weighted by atomic mass is 16.5. The Balaban J connectivity index is 2.00. The first kappa shape index (κ1) is 17.7. The van der Waals surface area contributed by atoms with Crippen molar-refractivity contribution in [3.05, 3.63) is 71.4 Å². The number of urea groups is 1. The third kappa shape index (κ3) is 3.20. The molecule has 26 heavy (non-hydrogen) atoms. The van der Waals surface area contributed by atoms with Crippen LogP contribution in [0.2, 0.25) is 0 Å². The van der Waals surface area contributed by atoms with E-state index >= 15 is 0 Å². The van der Waals surface area contributed by atoms with Crippen LogP contribution >= 0.6 is 0 Å². The lowest BCUT2D eigenvalue weighted by Crippen LogP contribution is -2.47. The molecule has 1 unspecified atom stereocenters. The Morgan fingerprint density at radius 1 is 1.08 bits per heavy atom. The number of nitrogens with zero attached hydrogens (tertiary/aromatic N) is 1. The van der Waals surface area contributed by atoms with Gasteiger partial charge in [-0.05, 0) is 30.5 Å². The van der Waals surface area contributed by atoms with E-state index in [1.165, 1.54) is 7.11 Å². The number of amides is 2. The third-order valence-corrected chi connectivity index (χ3v) is 4.67. The van der Waals surface area contributed by atoms with Crippen molar-refractivity contribution in [1.82, 2.24) is 10.2 Å². The molecule has 0 radical (unpaired) electrons. The summed E-state index contributed by atoms with van der Waals surface area (Å²) < 4.78 is 4.96. The predicted molar refractivity (Wildman–Crippen MR) is 100 cm³/mol. The summed E-state index contributed by atoms with van der Waals surface area (Å²) in [5, 5.41) is 2.92. The van der Waals surface area contributed by atoms with Crippen LogP contribution in [0.3, 0.4) is 0 Å². The molecule has 0 saturated carbocycles. The van der Waals surface area contributed by atoms with Gasteiger partial charge in [0, 0.05) is 12.2 Å². The van der Waals surface area contributed by atoms with Gasteiger partial charge in [-0.1, -0.05) is 54.6 Å². The molecular formula is C21H22N2O3. The molecule has 0 aromatic heterocycles. The van der Waals surface area contributed by atoms with E-state index in [1.807, 2.05) is 61.5 Å². The van der Waals surface area contributed by atoms with Crippen LogP contribution < -0.4 is 5.32 Å². The summed E-state index contributed by atoms with van der Waals surface area (Å²) in [5.41, 5.74) is 4.12. The molecule has 2 amide bonds. The van der Waals surface area contributed by atoms with E-state index in [9.17, 15) is 9.59 Å². The summed E-state index contributed by atoms with van der Waals surface area (Å²) in [6, 6.07) is 17.2. The lowest BCUT2D eigenvalue weighted by atomic mass is 9.93. The minimum Gasteiger partial charge on any atom is -0.466 e. The average molecular weight is 350 g/mol. The average Bonchev–Trinajstić information content (AvgIpc) is 2.68. The normalized spacial score (nSPS) is 17.1. The van der Waals surface area contributed by atoms with Gasteiger partial charge in [-0.15, -0.1) is 0 Å². The minimum absolute atomic E-state index is 0.213. The summed E-state index contributed by atoms with van der Waals surface area (Å²) >= 11 is 0. The van der Waals surface area contributed by atoms with Crippen molar-refractivity contribution in [3.63, 3.8) is 0 Å². The van der Waals surface area contributed by atoms with Crippen molar-refractivity contribution in [3.8, 4) is 11.1 Å². The molecule has 1 atom stereocenters. The van der Waals surface area contributed by atoms with E-state index < -0.39 is 12.0 Å². The Kier molecular flexibility index (Phi) is 5.07. The van der Waals surface area contributed by atoms with Crippen LogP contribution in [0.15, 0.2) is 65.9 Å². The second-order valence-electron chi connectivity index (χ2n) is 6.11. The van der Waals surface area contributed by atoms with E-state index in [-0.39, 0.29) is 6.03 Å². The zero-order valence-corrected chi connectivity index (χ0v) is 15.2. The van der Waals surface area contributed by atoms with Gasteiger partial charge >= 0.3 is 12.0 Å². The first-order valence-electron chi connectivity index (χ1n) is 8.59. The molecule has 0 fully saturated rings. The molecule has 5 nitrogen and oxygen atoms in total. The second kappa shape index (κ2) is 7.44. The summed E-state index contributed by atoms with van der Waals surface area (Å²) in [4.78, 5) is 26.3. The number of benzene rings is 2. The van der Waals surface area contributed by atoms with Crippen molar-refractivity contribution in [2.24, 2.45) is 0 Å². The highest BCUT2D eigenvalue weighted by molar-refractivity contribution is 5.95. The smallest absolute Gasteiger partial charge is 0.337 e. The van der Waals surface area contributed by atoms with E-state index in [1.54, 1.807) is 11.8 Å². The number of hydrogen-bond acceptors (Lipinski definition) is 3. The maximum atomic E-state index is 12.4. The number of methoxy groups -OCH3 is 1. The fourth-order valence-corrected chi connectivity index (χ4v) is 3.29. The molecule has 134 valence electrons. The van der Waals surface area contributed by atoms with Gasteiger partial charge in [0.05, 0.1) is 18.7 Å². The Morgan fingerprint density at radius 2 is 1.69 bits per heavy atom. The summed E-state index contributed by atoms with van der Waals surface area (Å²) in [6.45, 7) is 4.13. The lowest BCUT2D eigenvalue weighted by molar-refractivity contribution is -0.136. The van der Waals surface area contributed by atoms with Crippen LogP contribution in [0.4, 0.5) is 4.79 Å². The van der Waals surface area contributed by atoms with Crippen LogP contribution in [0.25, 0.3) is 11.1 Å². The van der Waals surface area contributed by atoms with E-state index in [0.29, 0.717) is 17.8 Å². The maximum Gasteiger partial charge on any atom is 0.337 e. The number of nitrogens with one attached hydrogen (secondary N) is 1. The van der Waals surface area contributed by atoms with Crippen molar-refractivity contribution in [1.29, 1.82) is 0 Å². The van der Waals surface area contributed by atoms with E-state index in [4.69, 9.17) is 4.74 Å². The molecular weight excluding hydrogens is 328 g/mol. The van der Waals surface area contributed by atoms with E-state index in [0.717, 1.165) is 16.7 Å². The molecule has 2 aromatic carbocycles. The molecule has 1 aliphatic heterocycles. The largest absolute Gasteiger partial charge is 0.466 e. The Morgan fingerprint density at radius 3 is 2.27 bits per heavy atom. The number of allylic oxidation sites excluding steroid dienone is 1. The number of rotatable bonds is 4. The molecule has 1 N–H and O–H groups in total. The number of hydrogen-bond donors (Lipinski definition) is 1. The van der Waals surface area contributed by atoms with Gasteiger partial charge in [0.15, 0.2) is 0 Å². The van der Waals surface area contributed by atoms with Gasteiger partial charge in [0.2, 0.25) is 0 Å². The zero-order valence-electron chi connectivity index (χ0n) is 15.2. The summed E-state index contributed by atoms with van der Waals surface area (Å²) in [5.74, 6) is -0.432. The topological polar surface area (TPSA) is 58.6 Å². The molecule has 5 heteroatoms. The first-order chi connectivity index (χ1) is 12.6. The Bertz CT molecular complexity index is 841. The van der Waals surface area contributed by atoms with Crippen molar-refractivity contribution in [2.75, 3.05) is 13.7 Å². The second-order valence-corrected chi connectivity index (χ2v) is 6.11. The molecule has 3 rings (SSSR count). The number of esters is 1. The molecule has 0 spiro atoms. The van der Waals surface area contributed by atoms with Gasteiger partial charge < -0.3 is 10.1 Å². The van der Waals surface area contributed by atoms with Crippen LogP contribution in [-0.2, 0) is 9.53 Å². The molecule has 0 saturated heterocycles. The van der Waals surface area contributed by atoms with Gasteiger partial charge in [0.1, 0.15) is 0 Å². The van der Waals surface area contributed by atoms with Crippen molar-refractivity contribution < 1.29 is 14.3 Å². The molecule has 2 aromatic rings. The standard InChI is InChI=1S/C21H22N2O3/c1-4-23-14(2)18(20(24)26-3)19(22-21(23)25)17-12-10-16(11-13-17)15-8-6-5-7-9-15/h5-13,19H,4H2,1-3H3,(H,22,25). The molecule has 0 aliphatic carbocycles. The Labute approximate surface area is 153 Å². The fraction of sp³-hybridized carbons (Fsp3) is 0.238. The highest BCUT2D eigenvalue weighted by Crippen LogP contribution is 2.32. The van der Waals surface area contributed by atoms with Gasteiger partial charge in [-0.2, -0.15) is 0 Å². The van der Waals surface area contributed by atoms with Crippen LogP contribution in [0.5, 0.6) is 0 Å². The van der Waals surface area contributed by atoms with Gasteiger partial charge in [-0.25, -0.2) is 9.59 Å². The van der Waals surface area contributed by atoms with Crippen LogP contribution in [0.1, 0.15) is 25.5 Å². The predicted octanol–water partition coefficient (Wildman–Crippen LogP) is 3.89. The first-order valence-corrected chi connectivity index (χ1v) is 8.59.